The molecule has 1 unspecified atom stereocenters. The van der Waals surface area contributed by atoms with Crippen LogP contribution in [0.4, 0.5) is 0 Å². The van der Waals surface area contributed by atoms with Crippen molar-refractivity contribution in [3.8, 4) is 12.3 Å². The van der Waals surface area contributed by atoms with Crippen molar-refractivity contribution in [1.29, 1.82) is 0 Å². The molecule has 1 N–H and O–H groups in total. The molecule has 6 heteroatoms. The zero-order valence-corrected chi connectivity index (χ0v) is 12.2. The van der Waals surface area contributed by atoms with Crippen molar-refractivity contribution in [3.05, 3.63) is 11.4 Å². The summed E-state index contributed by atoms with van der Waals surface area (Å²) in [5.41, 5.74) is 1.07. The lowest BCUT2D eigenvalue weighted by molar-refractivity contribution is 0.518. The number of hydrogen-bond donors (Lipinski definition) is 1. The maximum atomic E-state index is 12.3. The van der Waals surface area contributed by atoms with Gasteiger partial charge >= 0.3 is 0 Å². The highest BCUT2D eigenvalue weighted by atomic mass is 32.2. The Balaban J connectivity index is 3.20. The molecule has 0 bridgehead atoms. The zero-order chi connectivity index (χ0) is 14.1. The van der Waals surface area contributed by atoms with Gasteiger partial charge in [-0.3, -0.25) is 4.68 Å². The Morgan fingerprint density at radius 1 is 1.39 bits per heavy atom. The van der Waals surface area contributed by atoms with Crippen molar-refractivity contribution in [3.63, 3.8) is 0 Å². The molecule has 1 aromatic heterocycles. The molecule has 0 fully saturated rings. The predicted octanol–water partition coefficient (Wildman–Crippen LogP) is 0.973. The van der Waals surface area contributed by atoms with Gasteiger partial charge in [-0.25, -0.2) is 8.42 Å². The van der Waals surface area contributed by atoms with Crippen molar-refractivity contribution in [2.24, 2.45) is 13.0 Å². The van der Waals surface area contributed by atoms with Gasteiger partial charge in [-0.2, -0.15) is 9.82 Å². The summed E-state index contributed by atoms with van der Waals surface area (Å²) in [6, 6.07) is -0.519. The van der Waals surface area contributed by atoms with Crippen LogP contribution in [-0.4, -0.2) is 24.2 Å². The molecule has 5 nitrogen and oxygen atoms in total. The summed E-state index contributed by atoms with van der Waals surface area (Å²) in [7, 11) is -1.92. The standard InChI is InChI=1S/C12H19N3O2S/c1-7-11(8(2)3)14-18(16,17)12-9(4)13-15(6)10(12)5/h1,8,11,14H,2-6H3. The van der Waals surface area contributed by atoms with Crippen LogP contribution in [-0.2, 0) is 17.1 Å². The van der Waals surface area contributed by atoms with E-state index in [1.165, 1.54) is 0 Å². The van der Waals surface area contributed by atoms with Crippen LogP contribution >= 0.6 is 0 Å². The Morgan fingerprint density at radius 2 is 1.94 bits per heavy atom. The van der Waals surface area contributed by atoms with Crippen molar-refractivity contribution < 1.29 is 8.42 Å². The monoisotopic (exact) mass is 269 g/mol. The first-order valence-corrected chi connectivity index (χ1v) is 7.17. The molecule has 1 heterocycles. The number of rotatable bonds is 4. The minimum atomic E-state index is -3.63. The maximum Gasteiger partial charge on any atom is 0.245 e. The predicted molar refractivity (Wildman–Crippen MR) is 70.5 cm³/mol. The van der Waals surface area contributed by atoms with Gasteiger partial charge in [0.05, 0.1) is 17.4 Å². The van der Waals surface area contributed by atoms with Gasteiger partial charge in [0.15, 0.2) is 0 Å². The third-order valence-corrected chi connectivity index (χ3v) is 4.53. The normalized spacial score (nSPS) is 13.6. The second-order valence-electron chi connectivity index (χ2n) is 4.63. The van der Waals surface area contributed by atoms with Gasteiger partial charge in [-0.05, 0) is 19.8 Å². The summed E-state index contributed by atoms with van der Waals surface area (Å²) in [5, 5.41) is 4.10. The first kappa shape index (κ1) is 14.7. The Labute approximate surface area is 109 Å². The summed E-state index contributed by atoms with van der Waals surface area (Å²) in [6.45, 7) is 7.13. The molecule has 0 aliphatic heterocycles. The molecule has 18 heavy (non-hydrogen) atoms. The number of hydrogen-bond acceptors (Lipinski definition) is 3. The molecule has 0 radical (unpaired) electrons. The van der Waals surface area contributed by atoms with E-state index in [1.54, 1.807) is 25.6 Å². The van der Waals surface area contributed by atoms with Crippen molar-refractivity contribution in [1.82, 2.24) is 14.5 Å². The number of aromatic nitrogens is 2. The van der Waals surface area contributed by atoms with E-state index in [0.29, 0.717) is 11.4 Å². The van der Waals surface area contributed by atoms with Crippen LogP contribution in [0.1, 0.15) is 25.2 Å². The van der Waals surface area contributed by atoms with Crippen LogP contribution in [0.3, 0.4) is 0 Å². The van der Waals surface area contributed by atoms with Gasteiger partial charge in [0.25, 0.3) is 0 Å². The first-order valence-electron chi connectivity index (χ1n) is 5.69. The number of nitrogens with zero attached hydrogens (tertiary/aromatic N) is 2. The summed E-state index contributed by atoms with van der Waals surface area (Å²) < 4.78 is 28.7. The first-order chi connectivity index (χ1) is 8.20. The average molecular weight is 269 g/mol. The number of sulfonamides is 1. The topological polar surface area (TPSA) is 64.0 Å². The summed E-state index contributed by atoms with van der Waals surface area (Å²) in [6.07, 6.45) is 5.34. The van der Waals surface area contributed by atoms with Gasteiger partial charge in [0, 0.05) is 7.05 Å². The second kappa shape index (κ2) is 5.12. The van der Waals surface area contributed by atoms with Crippen LogP contribution in [0.5, 0.6) is 0 Å². The van der Waals surface area contributed by atoms with Crippen LogP contribution < -0.4 is 4.72 Å². The van der Waals surface area contributed by atoms with E-state index >= 15 is 0 Å². The molecule has 0 spiro atoms. The van der Waals surface area contributed by atoms with Gasteiger partial charge in [-0.1, -0.05) is 19.8 Å². The SMILES string of the molecule is C#CC(NS(=O)(=O)c1c(C)nn(C)c1C)C(C)C. The van der Waals surface area contributed by atoms with Gasteiger partial charge < -0.3 is 0 Å². The Bertz CT molecular complexity index is 579. The molecular formula is C12H19N3O2S. The molecule has 0 aliphatic carbocycles. The summed E-state index contributed by atoms with van der Waals surface area (Å²) in [5.74, 6) is 2.49. The lowest BCUT2D eigenvalue weighted by atomic mass is 10.1. The molecule has 1 atom stereocenters. The maximum absolute atomic E-state index is 12.3. The lowest BCUT2D eigenvalue weighted by Gasteiger charge is -2.16. The zero-order valence-electron chi connectivity index (χ0n) is 11.4. The minimum Gasteiger partial charge on any atom is -0.271 e. The average Bonchev–Trinajstić information content (AvgIpc) is 2.49. The van der Waals surface area contributed by atoms with Crippen LogP contribution in [0.25, 0.3) is 0 Å². The highest BCUT2D eigenvalue weighted by Crippen LogP contribution is 2.19. The van der Waals surface area contributed by atoms with E-state index in [-0.39, 0.29) is 10.8 Å². The third-order valence-electron chi connectivity index (χ3n) is 2.84. The van der Waals surface area contributed by atoms with Crippen LogP contribution in [0.2, 0.25) is 0 Å². The highest BCUT2D eigenvalue weighted by Gasteiger charge is 2.27. The van der Waals surface area contributed by atoms with Gasteiger partial charge in [0.2, 0.25) is 10.0 Å². The largest absolute Gasteiger partial charge is 0.271 e. The Kier molecular flexibility index (Phi) is 4.20. The fourth-order valence-corrected chi connectivity index (χ4v) is 3.47. The number of aryl methyl sites for hydroxylation is 2. The van der Waals surface area contributed by atoms with Crippen LogP contribution in [0.15, 0.2) is 4.90 Å². The molecule has 0 aliphatic rings. The number of nitrogens with one attached hydrogen (secondary N) is 1. The summed E-state index contributed by atoms with van der Waals surface area (Å²) in [4.78, 5) is 0.214. The van der Waals surface area contributed by atoms with E-state index < -0.39 is 16.1 Å². The third kappa shape index (κ3) is 2.74. The fraction of sp³-hybridized carbons (Fsp3) is 0.583. The van der Waals surface area contributed by atoms with Gasteiger partial charge in [-0.15, -0.1) is 6.42 Å². The fourth-order valence-electron chi connectivity index (χ4n) is 1.73. The Hall–Kier alpha value is -1.32. The van der Waals surface area contributed by atoms with E-state index in [2.05, 4.69) is 15.7 Å². The minimum absolute atomic E-state index is 0.0297. The number of terminal acetylenes is 1. The molecular weight excluding hydrogens is 250 g/mol. The molecule has 0 amide bonds. The molecule has 1 rings (SSSR count). The smallest absolute Gasteiger partial charge is 0.245 e. The van der Waals surface area contributed by atoms with E-state index in [9.17, 15) is 8.42 Å². The molecule has 100 valence electrons. The molecule has 1 aromatic rings. The van der Waals surface area contributed by atoms with Crippen LogP contribution in [0, 0.1) is 32.1 Å². The van der Waals surface area contributed by atoms with Gasteiger partial charge in [0.1, 0.15) is 4.90 Å². The molecule has 0 aromatic carbocycles. The second-order valence-corrected chi connectivity index (χ2v) is 6.28. The summed E-state index contributed by atoms with van der Waals surface area (Å²) >= 11 is 0. The molecule has 0 saturated carbocycles. The van der Waals surface area contributed by atoms with Crippen molar-refractivity contribution in [2.75, 3.05) is 0 Å². The van der Waals surface area contributed by atoms with Crippen molar-refractivity contribution in [2.45, 2.75) is 38.6 Å². The molecule has 0 saturated heterocycles. The van der Waals surface area contributed by atoms with E-state index in [0.717, 1.165) is 0 Å². The quantitative estimate of drug-likeness (QED) is 0.829. The van der Waals surface area contributed by atoms with Crippen molar-refractivity contribution >= 4 is 10.0 Å². The highest BCUT2D eigenvalue weighted by molar-refractivity contribution is 7.89. The van der Waals surface area contributed by atoms with E-state index in [4.69, 9.17) is 6.42 Å². The van der Waals surface area contributed by atoms with E-state index in [1.807, 2.05) is 13.8 Å². The Morgan fingerprint density at radius 3 is 2.28 bits per heavy atom. The lowest BCUT2D eigenvalue weighted by Crippen LogP contribution is -2.37.